The third-order valence-electron chi connectivity index (χ3n) is 2.50. The summed E-state index contributed by atoms with van der Waals surface area (Å²) in [5.41, 5.74) is 2.49. The number of benzene rings is 1. The second kappa shape index (κ2) is 4.91. The first-order chi connectivity index (χ1) is 8.54. The first-order valence-corrected chi connectivity index (χ1v) is 5.67. The molecule has 0 fully saturated rings. The number of aromatic amines is 1. The van der Waals surface area contributed by atoms with Crippen LogP contribution in [0.15, 0.2) is 35.1 Å². The van der Waals surface area contributed by atoms with Crippen LogP contribution in [0.4, 0.5) is 17.3 Å². The van der Waals surface area contributed by atoms with Crippen molar-refractivity contribution in [3.63, 3.8) is 0 Å². The molecular weight excluding hydrogens is 228 g/mol. The summed E-state index contributed by atoms with van der Waals surface area (Å²) in [5, 5.41) is 3.09. The maximum Gasteiger partial charge on any atom is 0.252 e. The average molecular weight is 244 g/mol. The Balaban J connectivity index is 2.28. The van der Waals surface area contributed by atoms with Gasteiger partial charge < -0.3 is 10.2 Å². The number of hydrogen-bond acceptors (Lipinski definition) is 4. The summed E-state index contributed by atoms with van der Waals surface area (Å²) in [6, 6.07) is 9.34. The molecule has 0 atom stereocenters. The van der Waals surface area contributed by atoms with E-state index >= 15 is 0 Å². The second-order valence-electron chi connectivity index (χ2n) is 4.31. The summed E-state index contributed by atoms with van der Waals surface area (Å²) in [6.45, 7) is 1.79. The molecular formula is C13H16N4O. The monoisotopic (exact) mass is 244 g/mol. The molecule has 2 N–H and O–H groups in total. The summed E-state index contributed by atoms with van der Waals surface area (Å²) in [6.07, 6.45) is 0. The molecule has 0 spiro atoms. The Morgan fingerprint density at radius 2 is 2.06 bits per heavy atom. The lowest BCUT2D eigenvalue weighted by Gasteiger charge is -2.14. The quantitative estimate of drug-likeness (QED) is 0.865. The smallest absolute Gasteiger partial charge is 0.252 e. The van der Waals surface area contributed by atoms with Gasteiger partial charge in [0.15, 0.2) is 0 Å². The summed E-state index contributed by atoms with van der Waals surface area (Å²) < 4.78 is 0. The molecule has 18 heavy (non-hydrogen) atoms. The highest BCUT2D eigenvalue weighted by molar-refractivity contribution is 5.61. The zero-order chi connectivity index (χ0) is 13.1. The Hall–Kier alpha value is -2.30. The maximum absolute atomic E-state index is 11.3. The van der Waals surface area contributed by atoms with Gasteiger partial charge in [0.1, 0.15) is 0 Å². The number of hydrogen-bond donors (Lipinski definition) is 2. The fourth-order valence-corrected chi connectivity index (χ4v) is 1.64. The maximum atomic E-state index is 11.3. The molecule has 1 aromatic carbocycles. The van der Waals surface area contributed by atoms with Crippen molar-refractivity contribution in [1.29, 1.82) is 0 Å². The average Bonchev–Trinajstić information content (AvgIpc) is 2.27. The number of rotatable bonds is 3. The van der Waals surface area contributed by atoms with Gasteiger partial charge in [-0.1, -0.05) is 6.07 Å². The topological polar surface area (TPSA) is 61.0 Å². The molecule has 0 bridgehead atoms. The lowest BCUT2D eigenvalue weighted by molar-refractivity contribution is 1.07. The molecule has 0 unspecified atom stereocenters. The van der Waals surface area contributed by atoms with Crippen LogP contribution in [0.3, 0.4) is 0 Å². The lowest BCUT2D eigenvalue weighted by atomic mass is 10.2. The molecule has 0 amide bonds. The van der Waals surface area contributed by atoms with Gasteiger partial charge >= 0.3 is 0 Å². The number of nitrogens with one attached hydrogen (secondary N) is 2. The third kappa shape index (κ3) is 2.88. The van der Waals surface area contributed by atoms with E-state index in [2.05, 4.69) is 15.3 Å². The molecule has 0 saturated heterocycles. The van der Waals surface area contributed by atoms with E-state index in [4.69, 9.17) is 0 Å². The van der Waals surface area contributed by atoms with Crippen LogP contribution in [0, 0.1) is 6.92 Å². The van der Waals surface area contributed by atoms with Crippen LogP contribution in [-0.2, 0) is 0 Å². The Bertz CT molecular complexity index is 604. The van der Waals surface area contributed by atoms with Gasteiger partial charge in [-0.15, -0.1) is 0 Å². The molecule has 1 aromatic heterocycles. The fraction of sp³-hybridized carbons (Fsp3) is 0.231. The Morgan fingerprint density at radius 3 is 2.72 bits per heavy atom. The molecule has 5 nitrogen and oxygen atoms in total. The van der Waals surface area contributed by atoms with Crippen LogP contribution >= 0.6 is 0 Å². The highest BCUT2D eigenvalue weighted by Crippen LogP contribution is 2.19. The van der Waals surface area contributed by atoms with Crippen molar-refractivity contribution >= 4 is 17.3 Å². The van der Waals surface area contributed by atoms with Crippen LogP contribution < -0.4 is 15.8 Å². The first-order valence-electron chi connectivity index (χ1n) is 5.67. The van der Waals surface area contributed by atoms with Gasteiger partial charge in [0, 0.05) is 37.2 Å². The molecule has 0 aliphatic carbocycles. The largest absolute Gasteiger partial charge is 0.378 e. The van der Waals surface area contributed by atoms with Gasteiger partial charge in [-0.2, -0.15) is 0 Å². The molecule has 94 valence electrons. The SMILES string of the molecule is Cc1cc(=O)[nH]c(Nc2cccc(N(C)C)c2)n1. The van der Waals surface area contributed by atoms with Crippen molar-refractivity contribution in [3.05, 3.63) is 46.4 Å². The predicted molar refractivity (Wildman–Crippen MR) is 73.6 cm³/mol. The van der Waals surface area contributed by atoms with Crippen molar-refractivity contribution in [2.24, 2.45) is 0 Å². The van der Waals surface area contributed by atoms with E-state index in [1.54, 1.807) is 6.92 Å². The number of H-pyrrole nitrogens is 1. The van der Waals surface area contributed by atoms with Gasteiger partial charge in [-0.25, -0.2) is 4.98 Å². The van der Waals surface area contributed by atoms with E-state index in [0.717, 1.165) is 11.4 Å². The van der Waals surface area contributed by atoms with Crippen LogP contribution in [0.5, 0.6) is 0 Å². The van der Waals surface area contributed by atoms with Crippen LogP contribution in [-0.4, -0.2) is 24.1 Å². The van der Waals surface area contributed by atoms with Crippen LogP contribution in [0.2, 0.25) is 0 Å². The molecule has 1 heterocycles. The molecule has 0 aliphatic heterocycles. The van der Waals surface area contributed by atoms with Gasteiger partial charge in [0.05, 0.1) is 0 Å². The highest BCUT2D eigenvalue weighted by atomic mass is 16.1. The standard InChI is InChI=1S/C13H16N4O/c1-9-7-12(18)16-13(14-9)15-10-5-4-6-11(8-10)17(2)3/h4-8H,1-3H3,(H2,14,15,16,18). The normalized spacial score (nSPS) is 10.2. The van der Waals surface area contributed by atoms with Crippen LogP contribution in [0.25, 0.3) is 0 Å². The molecule has 2 rings (SSSR count). The van der Waals surface area contributed by atoms with Crippen molar-refractivity contribution in [2.75, 3.05) is 24.3 Å². The zero-order valence-corrected chi connectivity index (χ0v) is 10.7. The summed E-state index contributed by atoms with van der Waals surface area (Å²) in [5.74, 6) is 0.455. The van der Waals surface area contributed by atoms with Crippen molar-refractivity contribution < 1.29 is 0 Å². The van der Waals surface area contributed by atoms with E-state index in [-0.39, 0.29) is 5.56 Å². The second-order valence-corrected chi connectivity index (χ2v) is 4.31. The van der Waals surface area contributed by atoms with E-state index in [9.17, 15) is 4.79 Å². The molecule has 2 aromatic rings. The molecule has 0 saturated carbocycles. The van der Waals surface area contributed by atoms with Gasteiger partial charge in [0.25, 0.3) is 5.56 Å². The van der Waals surface area contributed by atoms with Gasteiger partial charge in [0.2, 0.25) is 5.95 Å². The minimum atomic E-state index is -0.159. The van der Waals surface area contributed by atoms with Gasteiger partial charge in [-0.3, -0.25) is 9.78 Å². The number of nitrogens with zero attached hydrogens (tertiary/aromatic N) is 2. The zero-order valence-electron chi connectivity index (χ0n) is 10.7. The minimum Gasteiger partial charge on any atom is -0.378 e. The molecule has 0 radical (unpaired) electrons. The Morgan fingerprint density at radius 1 is 1.28 bits per heavy atom. The number of aromatic nitrogens is 2. The lowest BCUT2D eigenvalue weighted by Crippen LogP contribution is -2.11. The van der Waals surface area contributed by atoms with E-state index in [1.165, 1.54) is 6.07 Å². The number of anilines is 3. The number of aryl methyl sites for hydroxylation is 1. The van der Waals surface area contributed by atoms with Crippen molar-refractivity contribution in [3.8, 4) is 0 Å². The van der Waals surface area contributed by atoms with Crippen molar-refractivity contribution in [1.82, 2.24) is 9.97 Å². The summed E-state index contributed by atoms with van der Waals surface area (Å²) >= 11 is 0. The van der Waals surface area contributed by atoms with E-state index in [1.807, 2.05) is 43.3 Å². The molecule has 0 aliphatic rings. The Labute approximate surface area is 105 Å². The van der Waals surface area contributed by atoms with Crippen LogP contribution in [0.1, 0.15) is 5.69 Å². The Kier molecular flexibility index (Phi) is 3.32. The van der Waals surface area contributed by atoms with Gasteiger partial charge in [-0.05, 0) is 25.1 Å². The van der Waals surface area contributed by atoms with E-state index < -0.39 is 0 Å². The molecule has 5 heteroatoms. The highest BCUT2D eigenvalue weighted by Gasteiger charge is 2.01. The third-order valence-corrected chi connectivity index (χ3v) is 2.50. The summed E-state index contributed by atoms with van der Waals surface area (Å²) in [7, 11) is 3.96. The predicted octanol–water partition coefficient (Wildman–Crippen LogP) is 1.89. The van der Waals surface area contributed by atoms with Crippen molar-refractivity contribution in [2.45, 2.75) is 6.92 Å². The first kappa shape index (κ1) is 12.2. The summed E-state index contributed by atoms with van der Waals surface area (Å²) in [4.78, 5) is 20.2. The van der Waals surface area contributed by atoms with E-state index in [0.29, 0.717) is 11.6 Å². The minimum absolute atomic E-state index is 0.159. The fourth-order valence-electron chi connectivity index (χ4n) is 1.64.